The van der Waals surface area contributed by atoms with Gasteiger partial charge in [0.1, 0.15) is 0 Å². The highest BCUT2D eigenvalue weighted by Gasteiger charge is 2.23. The molecule has 2 rings (SSSR count). The van der Waals surface area contributed by atoms with E-state index in [1.54, 1.807) is 18.2 Å². The third-order valence-corrected chi connectivity index (χ3v) is 4.95. The molecule has 0 amide bonds. The second kappa shape index (κ2) is 6.67. The molecule has 2 atom stereocenters. The van der Waals surface area contributed by atoms with Gasteiger partial charge in [-0.15, -0.1) is 0 Å². The average Bonchev–Trinajstić information content (AvgIpc) is 2.91. The monoisotopic (exact) mass is 298 g/mol. The van der Waals surface area contributed by atoms with Gasteiger partial charge >= 0.3 is 0 Å². The molecule has 0 bridgehead atoms. The van der Waals surface area contributed by atoms with Crippen LogP contribution in [-0.4, -0.2) is 34.2 Å². The minimum absolute atomic E-state index is 0.116. The molecule has 0 radical (unpaired) electrons. The Bertz CT molecular complexity index is 539. The molecule has 0 aromatic heterocycles. The Morgan fingerprint density at radius 1 is 1.45 bits per heavy atom. The van der Waals surface area contributed by atoms with Crippen molar-refractivity contribution in [2.45, 2.75) is 37.2 Å². The largest absolute Gasteiger partial charge is 0.380 e. The molecule has 1 aliphatic heterocycles. The molecule has 0 spiro atoms. The first-order chi connectivity index (χ1) is 9.53. The molecule has 2 unspecified atom stereocenters. The van der Waals surface area contributed by atoms with Crippen molar-refractivity contribution >= 4 is 10.0 Å². The van der Waals surface area contributed by atoms with Crippen LogP contribution in [0.2, 0.25) is 0 Å². The van der Waals surface area contributed by atoms with Crippen LogP contribution in [-0.2, 0) is 14.8 Å². The molecule has 5 nitrogen and oxygen atoms in total. The van der Waals surface area contributed by atoms with Crippen LogP contribution in [0.3, 0.4) is 0 Å². The molecule has 0 saturated carbocycles. The fourth-order valence-corrected chi connectivity index (χ4v) is 3.60. The maximum absolute atomic E-state index is 12.3. The lowest BCUT2D eigenvalue weighted by atomic mass is 10.1. The minimum atomic E-state index is -3.47. The Labute approximate surface area is 120 Å². The summed E-state index contributed by atoms with van der Waals surface area (Å²) in [7, 11) is -3.47. The van der Waals surface area contributed by atoms with Gasteiger partial charge in [0.25, 0.3) is 0 Å². The van der Waals surface area contributed by atoms with Crippen LogP contribution in [0.25, 0.3) is 0 Å². The molecular formula is C14H22N2O3S. The van der Waals surface area contributed by atoms with Gasteiger partial charge in [-0.05, 0) is 37.6 Å². The first-order valence-electron chi connectivity index (χ1n) is 6.96. The smallest absolute Gasteiger partial charge is 0.240 e. The second-order valence-electron chi connectivity index (χ2n) is 5.03. The van der Waals surface area contributed by atoms with Gasteiger partial charge in [-0.2, -0.15) is 0 Å². The quantitative estimate of drug-likeness (QED) is 0.833. The highest BCUT2D eigenvalue weighted by molar-refractivity contribution is 7.89. The maximum Gasteiger partial charge on any atom is 0.240 e. The SMILES string of the molecule is CCNC(C)c1cccc(S(=O)(=O)NC2CCOC2)c1. The van der Waals surface area contributed by atoms with Crippen LogP contribution < -0.4 is 10.0 Å². The molecule has 1 heterocycles. The Morgan fingerprint density at radius 3 is 2.90 bits per heavy atom. The van der Waals surface area contributed by atoms with Gasteiger partial charge in [-0.25, -0.2) is 13.1 Å². The van der Waals surface area contributed by atoms with Gasteiger partial charge < -0.3 is 10.1 Å². The molecule has 1 saturated heterocycles. The zero-order valence-electron chi connectivity index (χ0n) is 11.9. The minimum Gasteiger partial charge on any atom is -0.380 e. The highest BCUT2D eigenvalue weighted by Crippen LogP contribution is 2.18. The molecular weight excluding hydrogens is 276 g/mol. The normalized spacial score (nSPS) is 21.0. The molecule has 1 aromatic carbocycles. The first kappa shape index (κ1) is 15.4. The molecule has 1 aliphatic rings. The maximum atomic E-state index is 12.3. The zero-order chi connectivity index (χ0) is 14.6. The van der Waals surface area contributed by atoms with Gasteiger partial charge in [0.2, 0.25) is 10.0 Å². The lowest BCUT2D eigenvalue weighted by Crippen LogP contribution is -2.35. The summed E-state index contributed by atoms with van der Waals surface area (Å²) < 4.78 is 32.6. The van der Waals surface area contributed by atoms with Crippen LogP contribution in [0.1, 0.15) is 31.9 Å². The molecule has 1 fully saturated rings. The number of hydrogen-bond donors (Lipinski definition) is 2. The Kier molecular flexibility index (Phi) is 5.15. The van der Waals surface area contributed by atoms with Crippen molar-refractivity contribution in [2.75, 3.05) is 19.8 Å². The third kappa shape index (κ3) is 3.79. The fraction of sp³-hybridized carbons (Fsp3) is 0.571. The van der Waals surface area contributed by atoms with E-state index in [0.717, 1.165) is 18.5 Å². The van der Waals surface area contributed by atoms with Crippen molar-refractivity contribution in [1.82, 2.24) is 10.0 Å². The Hall–Kier alpha value is -0.950. The van der Waals surface area contributed by atoms with Crippen LogP contribution in [0.15, 0.2) is 29.2 Å². The summed E-state index contributed by atoms with van der Waals surface area (Å²) in [5, 5.41) is 3.28. The van der Waals surface area contributed by atoms with Crippen LogP contribution in [0.5, 0.6) is 0 Å². The van der Waals surface area contributed by atoms with Crippen LogP contribution >= 0.6 is 0 Å². The molecule has 20 heavy (non-hydrogen) atoms. The van der Waals surface area contributed by atoms with E-state index in [1.165, 1.54) is 0 Å². The lowest BCUT2D eigenvalue weighted by molar-refractivity contribution is 0.192. The van der Waals surface area contributed by atoms with E-state index in [-0.39, 0.29) is 12.1 Å². The Balaban J connectivity index is 2.16. The van der Waals surface area contributed by atoms with Gasteiger partial charge in [0.05, 0.1) is 11.5 Å². The summed E-state index contributed by atoms with van der Waals surface area (Å²) in [6, 6.07) is 7.08. The van der Waals surface area contributed by atoms with Crippen molar-refractivity contribution in [1.29, 1.82) is 0 Å². The number of rotatable bonds is 6. The molecule has 6 heteroatoms. The zero-order valence-corrected chi connectivity index (χ0v) is 12.7. The highest BCUT2D eigenvalue weighted by atomic mass is 32.2. The summed E-state index contributed by atoms with van der Waals surface area (Å²) in [6.45, 7) is 5.96. The van der Waals surface area contributed by atoms with E-state index in [9.17, 15) is 8.42 Å². The van der Waals surface area contributed by atoms with E-state index >= 15 is 0 Å². The lowest BCUT2D eigenvalue weighted by Gasteiger charge is -2.15. The van der Waals surface area contributed by atoms with E-state index in [1.807, 2.05) is 19.9 Å². The van der Waals surface area contributed by atoms with E-state index in [4.69, 9.17) is 4.74 Å². The summed E-state index contributed by atoms with van der Waals surface area (Å²) in [5.74, 6) is 0. The topological polar surface area (TPSA) is 67.4 Å². The summed E-state index contributed by atoms with van der Waals surface area (Å²) >= 11 is 0. The molecule has 112 valence electrons. The van der Waals surface area contributed by atoms with Crippen molar-refractivity contribution in [3.8, 4) is 0 Å². The van der Waals surface area contributed by atoms with Crippen molar-refractivity contribution in [3.05, 3.63) is 29.8 Å². The standard InChI is InChI=1S/C14H22N2O3S/c1-3-15-11(2)12-5-4-6-14(9-12)20(17,18)16-13-7-8-19-10-13/h4-6,9,11,13,15-16H,3,7-8,10H2,1-2H3. The third-order valence-electron chi connectivity index (χ3n) is 3.43. The van der Waals surface area contributed by atoms with Crippen molar-refractivity contribution in [3.63, 3.8) is 0 Å². The van der Waals surface area contributed by atoms with Gasteiger partial charge in [-0.3, -0.25) is 0 Å². The second-order valence-corrected chi connectivity index (χ2v) is 6.75. The number of hydrogen-bond acceptors (Lipinski definition) is 4. The van der Waals surface area contributed by atoms with Gasteiger partial charge in [0, 0.05) is 18.7 Å². The summed E-state index contributed by atoms with van der Waals surface area (Å²) in [6.07, 6.45) is 0.729. The number of sulfonamides is 1. The molecule has 0 aliphatic carbocycles. The predicted molar refractivity (Wildman–Crippen MR) is 78.1 cm³/mol. The van der Waals surface area contributed by atoms with E-state index in [0.29, 0.717) is 18.1 Å². The average molecular weight is 298 g/mol. The van der Waals surface area contributed by atoms with Gasteiger partial charge in [0.15, 0.2) is 0 Å². The first-order valence-corrected chi connectivity index (χ1v) is 8.44. The molecule has 1 aromatic rings. The van der Waals surface area contributed by atoms with E-state index in [2.05, 4.69) is 10.0 Å². The van der Waals surface area contributed by atoms with Gasteiger partial charge in [-0.1, -0.05) is 19.1 Å². The summed E-state index contributed by atoms with van der Waals surface area (Å²) in [5.41, 5.74) is 0.970. The van der Waals surface area contributed by atoms with Crippen LogP contribution in [0.4, 0.5) is 0 Å². The Morgan fingerprint density at radius 2 is 2.25 bits per heavy atom. The number of ether oxygens (including phenoxy) is 1. The van der Waals surface area contributed by atoms with Crippen molar-refractivity contribution < 1.29 is 13.2 Å². The summed E-state index contributed by atoms with van der Waals surface area (Å²) in [4.78, 5) is 0.312. The number of benzene rings is 1. The van der Waals surface area contributed by atoms with Crippen LogP contribution in [0, 0.1) is 0 Å². The predicted octanol–water partition coefficient (Wildman–Crippen LogP) is 1.42. The molecule has 2 N–H and O–H groups in total. The number of nitrogens with one attached hydrogen (secondary N) is 2. The van der Waals surface area contributed by atoms with E-state index < -0.39 is 10.0 Å². The fourth-order valence-electron chi connectivity index (χ4n) is 2.29. The van der Waals surface area contributed by atoms with Crippen molar-refractivity contribution in [2.24, 2.45) is 0 Å².